The Labute approximate surface area is 229 Å². The van der Waals surface area contributed by atoms with E-state index in [2.05, 4.69) is 10.6 Å². The van der Waals surface area contributed by atoms with Crippen molar-refractivity contribution in [3.63, 3.8) is 0 Å². The van der Waals surface area contributed by atoms with Crippen molar-refractivity contribution in [3.05, 3.63) is 86.4 Å². The molecule has 1 unspecified atom stereocenters. The molecule has 1 saturated heterocycles. The molecule has 1 saturated carbocycles. The van der Waals surface area contributed by atoms with Crippen molar-refractivity contribution < 1.29 is 18.3 Å². The summed E-state index contributed by atoms with van der Waals surface area (Å²) in [6.45, 7) is 0. The zero-order valence-electron chi connectivity index (χ0n) is 18.0. The number of nitrogens with one attached hydrogen (secondary N) is 2. The largest absolute Gasteiger partial charge is 0.394 e. The van der Waals surface area contributed by atoms with Crippen LogP contribution in [0.5, 0.6) is 0 Å². The first-order chi connectivity index (χ1) is 17.0. The first-order valence-electron chi connectivity index (χ1n) is 10.6. The number of carbonyl (C=O) groups excluding carboxylic acids is 1. The second-order valence-corrected chi connectivity index (χ2v) is 11.2. The average Bonchev–Trinajstić information content (AvgIpc) is 3.71. The molecule has 4 N–H and O–H groups in total. The summed E-state index contributed by atoms with van der Waals surface area (Å²) in [6, 6.07) is 11.9. The summed E-state index contributed by atoms with van der Waals surface area (Å²) in [4.78, 5) is 12.7. The number of ether oxygens (including phenoxy) is 1. The lowest BCUT2D eigenvalue weighted by molar-refractivity contribution is 0.102. The van der Waals surface area contributed by atoms with Crippen LogP contribution in [0.2, 0.25) is 15.1 Å². The van der Waals surface area contributed by atoms with Crippen molar-refractivity contribution in [2.45, 2.75) is 22.6 Å². The molecule has 3 aromatic carbocycles. The first kappa shape index (κ1) is 25.6. The Morgan fingerprint density at radius 3 is 2.42 bits per heavy atom. The number of rotatable bonds is 6. The van der Waals surface area contributed by atoms with Crippen LogP contribution in [0.15, 0.2) is 48.5 Å². The molecule has 188 valence electrons. The zero-order chi connectivity index (χ0) is 25.9. The quantitative estimate of drug-likeness (QED) is 0.157. The number of halogens is 7. The SMILES string of the molecule is Nc1c(F)ccc(NC(=O)c2cc(N[C@@H]3OC3[C@H]3[C@H](c4ccc(Cl)c(Cl)c4)C3(Cl)Cl)ccc2Cl)c1F. The molecule has 0 spiro atoms. The van der Waals surface area contributed by atoms with Crippen molar-refractivity contribution in [2.24, 2.45) is 5.92 Å². The van der Waals surface area contributed by atoms with E-state index in [1.165, 1.54) is 12.1 Å². The fourth-order valence-electron chi connectivity index (χ4n) is 4.22. The standard InChI is InChI=1S/C24H16Cl5F2N3O2/c25-12-4-2-10(8-11(12)22(35)34-16-6-5-15(30)20(32)19(16)31)33-23-21(36-23)18-17(24(18,28)29)9-1-3-13(26)14(27)7-9/h1-8,17-18,21,23,33H,32H2,(H,34,35)/t17-,18+,21?,23+/m0/s1. The second kappa shape index (κ2) is 9.39. The van der Waals surface area contributed by atoms with Gasteiger partial charge in [0.2, 0.25) is 0 Å². The Balaban J connectivity index is 1.27. The van der Waals surface area contributed by atoms with E-state index in [0.717, 1.165) is 17.7 Å². The lowest BCUT2D eigenvalue weighted by Gasteiger charge is -2.11. The number of hydrogen-bond acceptors (Lipinski definition) is 4. The molecule has 12 heteroatoms. The van der Waals surface area contributed by atoms with E-state index < -0.39 is 33.8 Å². The molecule has 1 aliphatic heterocycles. The Bertz CT molecular complexity index is 1390. The van der Waals surface area contributed by atoms with E-state index in [1.54, 1.807) is 18.2 Å². The van der Waals surface area contributed by atoms with E-state index >= 15 is 0 Å². The third-order valence-corrected chi connectivity index (χ3v) is 8.23. The molecule has 2 fully saturated rings. The Morgan fingerprint density at radius 2 is 1.69 bits per heavy atom. The van der Waals surface area contributed by atoms with Crippen LogP contribution in [0.1, 0.15) is 21.8 Å². The summed E-state index contributed by atoms with van der Waals surface area (Å²) in [5.74, 6) is -3.10. The molecule has 1 amide bonds. The number of nitrogens with two attached hydrogens (primary N) is 1. The Hall–Kier alpha value is -2.00. The maximum Gasteiger partial charge on any atom is 0.257 e. The number of hydrogen-bond donors (Lipinski definition) is 3. The highest BCUT2D eigenvalue weighted by Crippen LogP contribution is 2.69. The van der Waals surface area contributed by atoms with Gasteiger partial charge in [-0.3, -0.25) is 4.79 Å². The van der Waals surface area contributed by atoms with Gasteiger partial charge in [0.15, 0.2) is 12.0 Å². The van der Waals surface area contributed by atoms with Gasteiger partial charge in [-0.2, -0.15) is 0 Å². The van der Waals surface area contributed by atoms with Crippen molar-refractivity contribution in [3.8, 4) is 0 Å². The summed E-state index contributed by atoms with van der Waals surface area (Å²) in [7, 11) is 0. The van der Waals surface area contributed by atoms with Crippen LogP contribution >= 0.6 is 58.0 Å². The maximum absolute atomic E-state index is 14.2. The maximum atomic E-state index is 14.2. The van der Waals surface area contributed by atoms with E-state index in [9.17, 15) is 13.6 Å². The van der Waals surface area contributed by atoms with E-state index in [4.69, 9.17) is 68.5 Å². The van der Waals surface area contributed by atoms with Gasteiger partial charge in [-0.1, -0.05) is 40.9 Å². The number of benzene rings is 3. The fourth-order valence-corrected chi connectivity index (χ4v) is 5.62. The number of amides is 1. The van der Waals surface area contributed by atoms with Crippen LogP contribution < -0.4 is 16.4 Å². The molecule has 0 radical (unpaired) electrons. The van der Waals surface area contributed by atoms with Gasteiger partial charge < -0.3 is 21.1 Å². The zero-order valence-corrected chi connectivity index (χ0v) is 21.7. The minimum atomic E-state index is -1.07. The van der Waals surface area contributed by atoms with Crippen LogP contribution in [-0.4, -0.2) is 22.6 Å². The lowest BCUT2D eigenvalue weighted by Crippen LogP contribution is -2.16. The highest BCUT2D eigenvalue weighted by molar-refractivity contribution is 6.52. The summed E-state index contributed by atoms with van der Waals surface area (Å²) >= 11 is 31.4. The summed E-state index contributed by atoms with van der Waals surface area (Å²) < 4.78 is 32.4. The summed E-state index contributed by atoms with van der Waals surface area (Å²) in [5, 5.41) is 6.49. The highest BCUT2D eigenvalue weighted by Gasteiger charge is 2.72. The molecule has 0 aromatic heterocycles. The van der Waals surface area contributed by atoms with E-state index in [1.807, 2.05) is 6.07 Å². The molecule has 1 aliphatic carbocycles. The number of anilines is 3. The van der Waals surface area contributed by atoms with Gasteiger partial charge in [-0.05, 0) is 48.0 Å². The van der Waals surface area contributed by atoms with Gasteiger partial charge >= 0.3 is 0 Å². The fraction of sp³-hybridized carbons (Fsp3) is 0.208. The smallest absolute Gasteiger partial charge is 0.257 e. The molecule has 4 atom stereocenters. The molecular weight excluding hydrogens is 578 g/mol. The third-order valence-electron chi connectivity index (χ3n) is 6.19. The number of carbonyl (C=O) groups is 1. The summed E-state index contributed by atoms with van der Waals surface area (Å²) in [5.41, 5.74) is 5.82. The molecule has 2 aliphatic rings. The predicted octanol–water partition coefficient (Wildman–Crippen LogP) is 7.48. The van der Waals surface area contributed by atoms with Gasteiger partial charge in [-0.25, -0.2) is 8.78 Å². The van der Waals surface area contributed by atoms with E-state index in [0.29, 0.717) is 15.7 Å². The van der Waals surface area contributed by atoms with Gasteiger partial charge in [0, 0.05) is 17.5 Å². The minimum Gasteiger partial charge on any atom is -0.394 e. The predicted molar refractivity (Wildman–Crippen MR) is 140 cm³/mol. The molecular formula is C24H16Cl5F2N3O2. The average molecular weight is 594 g/mol. The normalized spacial score (nSPS) is 23.8. The third kappa shape index (κ3) is 4.69. The number of alkyl halides is 2. The highest BCUT2D eigenvalue weighted by atomic mass is 35.5. The second-order valence-electron chi connectivity index (χ2n) is 8.49. The molecule has 0 bridgehead atoms. The number of epoxide rings is 1. The van der Waals surface area contributed by atoms with Crippen LogP contribution in [0.4, 0.5) is 25.8 Å². The molecule has 5 nitrogen and oxygen atoms in total. The minimum absolute atomic E-state index is 0.0605. The molecule has 5 rings (SSSR count). The first-order valence-corrected chi connectivity index (χ1v) is 12.5. The van der Waals surface area contributed by atoms with Crippen molar-refractivity contribution >= 4 is 81.0 Å². The number of nitrogen functional groups attached to an aromatic ring is 1. The van der Waals surface area contributed by atoms with Gasteiger partial charge in [0.1, 0.15) is 21.9 Å². The van der Waals surface area contributed by atoms with Crippen molar-refractivity contribution in [1.29, 1.82) is 0 Å². The lowest BCUT2D eigenvalue weighted by atomic mass is 10.1. The van der Waals surface area contributed by atoms with Crippen LogP contribution in [0, 0.1) is 17.6 Å². The van der Waals surface area contributed by atoms with Gasteiger partial charge in [0.05, 0.1) is 26.3 Å². The monoisotopic (exact) mass is 591 g/mol. The molecule has 1 heterocycles. The van der Waals surface area contributed by atoms with Crippen molar-refractivity contribution in [1.82, 2.24) is 0 Å². The Morgan fingerprint density at radius 1 is 0.972 bits per heavy atom. The van der Waals surface area contributed by atoms with Gasteiger partial charge in [-0.15, -0.1) is 23.2 Å². The Kier molecular flexibility index (Phi) is 6.69. The van der Waals surface area contributed by atoms with Crippen LogP contribution in [0.25, 0.3) is 0 Å². The topological polar surface area (TPSA) is 79.7 Å². The van der Waals surface area contributed by atoms with Crippen LogP contribution in [-0.2, 0) is 4.74 Å². The van der Waals surface area contributed by atoms with Crippen LogP contribution in [0.3, 0.4) is 0 Å². The summed E-state index contributed by atoms with van der Waals surface area (Å²) in [6.07, 6.45) is -0.699. The molecule has 3 aromatic rings. The molecule has 36 heavy (non-hydrogen) atoms. The van der Waals surface area contributed by atoms with Gasteiger partial charge in [0.25, 0.3) is 5.91 Å². The van der Waals surface area contributed by atoms with E-state index in [-0.39, 0.29) is 34.2 Å². The van der Waals surface area contributed by atoms with Crippen molar-refractivity contribution in [2.75, 3.05) is 16.4 Å².